The van der Waals surface area contributed by atoms with E-state index < -0.39 is 0 Å². The molecule has 3 saturated heterocycles. The first kappa shape index (κ1) is 25.1. The van der Waals surface area contributed by atoms with Crippen molar-refractivity contribution in [2.45, 2.75) is 70.9 Å². The summed E-state index contributed by atoms with van der Waals surface area (Å²) < 4.78 is 5.78. The Balaban J connectivity index is 1.44. The highest BCUT2D eigenvalue weighted by atomic mass is 16.5. The molecule has 0 atom stereocenters. The van der Waals surface area contributed by atoms with Crippen molar-refractivity contribution in [1.82, 2.24) is 19.8 Å². The van der Waals surface area contributed by atoms with Gasteiger partial charge in [0.15, 0.2) is 0 Å². The van der Waals surface area contributed by atoms with E-state index in [9.17, 15) is 0 Å². The maximum Gasteiger partial charge on any atom is 0.227 e. The van der Waals surface area contributed by atoms with Crippen molar-refractivity contribution in [3.8, 4) is 17.6 Å². The van der Waals surface area contributed by atoms with Crippen LogP contribution in [0.4, 0.5) is 11.8 Å². The van der Waals surface area contributed by atoms with Gasteiger partial charge in [-0.1, -0.05) is 11.8 Å². The van der Waals surface area contributed by atoms with Crippen LogP contribution in [0.3, 0.4) is 0 Å². The highest BCUT2D eigenvalue weighted by Gasteiger charge is 2.23. The molecule has 1 N–H and O–H groups in total. The summed E-state index contributed by atoms with van der Waals surface area (Å²) in [5.74, 6) is 9.31. The molecule has 0 aliphatic carbocycles. The summed E-state index contributed by atoms with van der Waals surface area (Å²) in [6.45, 7) is 12.3. The molecule has 7 nitrogen and oxygen atoms in total. The number of piperidine rings is 2. The fraction of sp³-hybridized carbons (Fsp3) is 0.655. The minimum Gasteiger partial charge on any atom is -0.495 e. The number of hydrogen-bond acceptors (Lipinski definition) is 7. The van der Waals surface area contributed by atoms with E-state index in [0.29, 0.717) is 12.1 Å². The topological polar surface area (TPSA) is 56.8 Å². The Bertz CT molecular complexity index is 1090. The molecule has 0 radical (unpaired) electrons. The van der Waals surface area contributed by atoms with Gasteiger partial charge in [0.05, 0.1) is 18.2 Å². The maximum absolute atomic E-state index is 5.78. The smallest absolute Gasteiger partial charge is 0.227 e. The molecule has 2 aromatic rings. The summed E-state index contributed by atoms with van der Waals surface area (Å²) in [4.78, 5) is 17.5. The van der Waals surface area contributed by atoms with Crippen molar-refractivity contribution < 1.29 is 4.74 Å². The van der Waals surface area contributed by atoms with Gasteiger partial charge in [-0.2, -0.15) is 4.98 Å². The molecular weight excluding hydrogens is 448 g/mol. The molecule has 3 fully saturated rings. The number of benzene rings is 1. The molecule has 0 unspecified atom stereocenters. The monoisotopic (exact) mass is 490 g/mol. The zero-order chi connectivity index (χ0) is 24.9. The van der Waals surface area contributed by atoms with Crippen LogP contribution >= 0.6 is 0 Å². The average molecular weight is 491 g/mol. The van der Waals surface area contributed by atoms with Crippen molar-refractivity contribution in [3.63, 3.8) is 0 Å². The van der Waals surface area contributed by atoms with Crippen molar-refractivity contribution >= 4 is 22.7 Å². The van der Waals surface area contributed by atoms with E-state index in [1.54, 1.807) is 7.11 Å². The molecule has 36 heavy (non-hydrogen) atoms. The first-order valence-corrected chi connectivity index (χ1v) is 14.0. The highest BCUT2D eigenvalue weighted by molar-refractivity contribution is 5.93. The van der Waals surface area contributed by atoms with Gasteiger partial charge < -0.3 is 24.8 Å². The standard InChI is InChI=1S/C29H42N6O/c1-22(2)34-18-11-24(12-19-34)30-28-25-21-27(36-3)23(10-5-8-13-33-14-9-15-33)20-26(25)31-29(32-28)35-16-6-4-7-17-35/h20-22,24H,4,6-9,11-19H2,1-3H3,(H,30,31,32). The number of rotatable bonds is 7. The second-order valence-electron chi connectivity index (χ2n) is 10.8. The van der Waals surface area contributed by atoms with E-state index in [1.165, 1.54) is 38.8 Å². The van der Waals surface area contributed by atoms with Gasteiger partial charge in [-0.25, -0.2) is 4.98 Å². The van der Waals surface area contributed by atoms with Gasteiger partial charge in [-0.05, 0) is 77.6 Å². The van der Waals surface area contributed by atoms with Crippen LogP contribution in [-0.2, 0) is 0 Å². The van der Waals surface area contributed by atoms with E-state index in [2.05, 4.69) is 57.8 Å². The third kappa shape index (κ3) is 5.87. The Hall–Kier alpha value is -2.56. The lowest BCUT2D eigenvalue weighted by molar-refractivity contribution is 0.177. The van der Waals surface area contributed by atoms with Gasteiger partial charge in [0.25, 0.3) is 0 Å². The number of nitrogens with zero attached hydrogens (tertiary/aromatic N) is 5. The molecule has 4 heterocycles. The molecule has 3 aliphatic rings. The minimum atomic E-state index is 0.416. The summed E-state index contributed by atoms with van der Waals surface area (Å²) in [5, 5.41) is 4.83. The highest BCUT2D eigenvalue weighted by Crippen LogP contribution is 2.32. The van der Waals surface area contributed by atoms with E-state index in [4.69, 9.17) is 14.7 Å². The molecule has 0 spiro atoms. The van der Waals surface area contributed by atoms with Crippen LogP contribution in [0.2, 0.25) is 0 Å². The zero-order valence-electron chi connectivity index (χ0n) is 22.4. The molecule has 0 saturated carbocycles. The maximum atomic E-state index is 5.78. The second kappa shape index (κ2) is 11.7. The van der Waals surface area contributed by atoms with Crippen LogP contribution in [0.1, 0.15) is 64.4 Å². The predicted molar refractivity (Wildman–Crippen MR) is 148 cm³/mol. The summed E-state index contributed by atoms with van der Waals surface area (Å²) in [7, 11) is 1.73. The van der Waals surface area contributed by atoms with Crippen LogP contribution < -0.4 is 15.0 Å². The van der Waals surface area contributed by atoms with Gasteiger partial charge in [0.1, 0.15) is 11.6 Å². The number of methoxy groups -OCH3 is 1. The van der Waals surface area contributed by atoms with E-state index >= 15 is 0 Å². The lowest BCUT2D eigenvalue weighted by Gasteiger charge is -2.35. The summed E-state index contributed by atoms with van der Waals surface area (Å²) in [6.07, 6.45) is 8.14. The van der Waals surface area contributed by atoms with Crippen molar-refractivity contribution in [3.05, 3.63) is 17.7 Å². The molecule has 0 bridgehead atoms. The second-order valence-corrected chi connectivity index (χ2v) is 10.8. The van der Waals surface area contributed by atoms with Crippen LogP contribution in [0.15, 0.2) is 12.1 Å². The van der Waals surface area contributed by atoms with E-state index in [0.717, 1.165) is 86.0 Å². The summed E-state index contributed by atoms with van der Waals surface area (Å²) in [5.41, 5.74) is 1.86. The molecule has 7 heteroatoms. The Morgan fingerprint density at radius 3 is 2.44 bits per heavy atom. The molecular formula is C29H42N6O. The third-order valence-electron chi connectivity index (χ3n) is 7.97. The minimum absolute atomic E-state index is 0.416. The van der Waals surface area contributed by atoms with Gasteiger partial charge in [0.2, 0.25) is 5.95 Å². The van der Waals surface area contributed by atoms with E-state index in [1.807, 2.05) is 0 Å². The van der Waals surface area contributed by atoms with Gasteiger partial charge in [-0.15, -0.1) is 0 Å². The average Bonchev–Trinajstić information content (AvgIpc) is 2.87. The fourth-order valence-electron chi connectivity index (χ4n) is 5.49. The van der Waals surface area contributed by atoms with Gasteiger partial charge >= 0.3 is 0 Å². The first-order valence-electron chi connectivity index (χ1n) is 14.0. The quantitative estimate of drug-likeness (QED) is 0.579. The van der Waals surface area contributed by atoms with Gasteiger partial charge in [0, 0.05) is 56.6 Å². The van der Waals surface area contributed by atoms with Gasteiger partial charge in [-0.3, -0.25) is 0 Å². The van der Waals surface area contributed by atoms with Crippen molar-refractivity contribution in [2.24, 2.45) is 0 Å². The Kier molecular flexibility index (Phi) is 8.13. The number of nitrogens with one attached hydrogen (secondary N) is 1. The Labute approximate surface area is 216 Å². The zero-order valence-corrected chi connectivity index (χ0v) is 22.4. The lowest BCUT2D eigenvalue weighted by atomic mass is 10.0. The summed E-state index contributed by atoms with van der Waals surface area (Å²) >= 11 is 0. The number of anilines is 2. The Morgan fingerprint density at radius 1 is 1.00 bits per heavy atom. The molecule has 5 rings (SSSR count). The van der Waals surface area contributed by atoms with Crippen molar-refractivity contribution in [1.29, 1.82) is 0 Å². The molecule has 0 amide bonds. The number of hydrogen-bond donors (Lipinski definition) is 1. The number of ether oxygens (including phenoxy) is 1. The van der Waals surface area contributed by atoms with Crippen molar-refractivity contribution in [2.75, 3.05) is 63.1 Å². The molecule has 1 aromatic carbocycles. The predicted octanol–water partition coefficient (Wildman–Crippen LogP) is 4.36. The molecule has 1 aromatic heterocycles. The molecule has 194 valence electrons. The van der Waals surface area contributed by atoms with E-state index in [-0.39, 0.29) is 0 Å². The number of aromatic nitrogens is 2. The van der Waals surface area contributed by atoms with Crippen LogP contribution in [0.25, 0.3) is 10.9 Å². The largest absolute Gasteiger partial charge is 0.495 e. The lowest BCUT2D eigenvalue weighted by Crippen LogP contribution is -2.42. The molecule has 3 aliphatic heterocycles. The number of likely N-dealkylation sites (tertiary alicyclic amines) is 2. The normalized spacial score (nSPS) is 19.7. The first-order chi connectivity index (χ1) is 17.6. The fourth-order valence-corrected chi connectivity index (χ4v) is 5.49. The van der Waals surface area contributed by atoms with Crippen LogP contribution in [0, 0.1) is 11.8 Å². The SMILES string of the molecule is COc1cc2c(NC3CCN(C(C)C)CC3)nc(N3CCCCC3)nc2cc1C#CCCN1CCC1. The summed E-state index contributed by atoms with van der Waals surface area (Å²) in [6, 6.07) is 5.21. The third-order valence-corrected chi connectivity index (χ3v) is 7.97. The van der Waals surface area contributed by atoms with Crippen LogP contribution in [-0.4, -0.2) is 84.8 Å². The Morgan fingerprint density at radius 2 is 1.78 bits per heavy atom. The van der Waals surface area contributed by atoms with Crippen LogP contribution in [0.5, 0.6) is 5.75 Å². The number of fused-ring (bicyclic) bond motifs is 1.